The molecule has 3 aromatic heterocycles. The Balaban J connectivity index is 1.91. The monoisotopic (exact) mass is 240 g/mol. The normalized spacial score (nSPS) is 15.3. The van der Waals surface area contributed by atoms with Crippen molar-refractivity contribution >= 4 is 11.5 Å². The number of fused-ring (bicyclic) bond motifs is 1. The number of hydrogen-bond donors (Lipinski definition) is 1. The van der Waals surface area contributed by atoms with E-state index in [1.807, 2.05) is 22.9 Å². The Kier molecular flexibility index (Phi) is 1.78. The molecule has 90 valence electrons. The molecule has 3 aromatic rings. The highest BCUT2D eigenvalue weighted by atomic mass is 15.3. The first-order chi connectivity index (χ1) is 8.81. The number of nitrogen functional groups attached to an aromatic ring is 1. The molecule has 0 amide bonds. The predicted octanol–water partition coefficient (Wildman–Crippen LogP) is 1.37. The van der Waals surface area contributed by atoms with Crippen molar-refractivity contribution in [3.8, 4) is 5.82 Å². The summed E-state index contributed by atoms with van der Waals surface area (Å²) in [5.41, 5.74) is 7.69. The molecule has 6 nitrogen and oxygen atoms in total. The molecule has 1 aliphatic carbocycles. The molecule has 0 saturated heterocycles. The van der Waals surface area contributed by atoms with Crippen LogP contribution >= 0.6 is 0 Å². The van der Waals surface area contributed by atoms with Gasteiger partial charge < -0.3 is 10.1 Å². The largest absolute Gasteiger partial charge is 0.382 e. The molecule has 0 aliphatic heterocycles. The summed E-state index contributed by atoms with van der Waals surface area (Å²) in [6.45, 7) is 0. The molecule has 6 heteroatoms. The van der Waals surface area contributed by atoms with Gasteiger partial charge in [0.15, 0.2) is 11.5 Å². The maximum absolute atomic E-state index is 5.80. The first-order valence-electron chi connectivity index (χ1n) is 5.96. The van der Waals surface area contributed by atoms with Crippen LogP contribution < -0.4 is 5.73 Å². The van der Waals surface area contributed by atoms with Crippen molar-refractivity contribution in [1.29, 1.82) is 0 Å². The van der Waals surface area contributed by atoms with E-state index in [9.17, 15) is 0 Å². The zero-order chi connectivity index (χ0) is 12.1. The SMILES string of the molecule is Nc1cn2ccnc2c(-n2ccc(C3CC3)n2)n1. The molecular formula is C12H12N6. The van der Waals surface area contributed by atoms with E-state index in [1.165, 1.54) is 12.8 Å². The van der Waals surface area contributed by atoms with Gasteiger partial charge in [-0.1, -0.05) is 0 Å². The van der Waals surface area contributed by atoms with Gasteiger partial charge in [0, 0.05) is 24.5 Å². The van der Waals surface area contributed by atoms with Crippen molar-refractivity contribution in [2.75, 3.05) is 5.73 Å². The van der Waals surface area contributed by atoms with Gasteiger partial charge in [-0.2, -0.15) is 5.10 Å². The Morgan fingerprint density at radius 1 is 1.28 bits per heavy atom. The zero-order valence-electron chi connectivity index (χ0n) is 9.69. The molecular weight excluding hydrogens is 228 g/mol. The minimum Gasteiger partial charge on any atom is -0.382 e. The van der Waals surface area contributed by atoms with Crippen LogP contribution in [-0.2, 0) is 0 Å². The lowest BCUT2D eigenvalue weighted by Crippen LogP contribution is -2.05. The fourth-order valence-electron chi connectivity index (χ4n) is 2.14. The van der Waals surface area contributed by atoms with Crippen LogP contribution in [0.1, 0.15) is 24.5 Å². The summed E-state index contributed by atoms with van der Waals surface area (Å²) >= 11 is 0. The second-order valence-electron chi connectivity index (χ2n) is 4.61. The maximum atomic E-state index is 5.80. The number of nitrogens with two attached hydrogens (primary N) is 1. The second kappa shape index (κ2) is 3.32. The molecule has 1 aliphatic rings. The average molecular weight is 240 g/mol. The van der Waals surface area contributed by atoms with Crippen molar-refractivity contribution in [1.82, 2.24) is 24.1 Å². The summed E-state index contributed by atoms with van der Waals surface area (Å²) in [7, 11) is 0. The van der Waals surface area contributed by atoms with Crippen molar-refractivity contribution in [3.05, 3.63) is 36.5 Å². The minimum atomic E-state index is 0.457. The van der Waals surface area contributed by atoms with E-state index in [2.05, 4.69) is 15.1 Å². The predicted molar refractivity (Wildman–Crippen MR) is 66.5 cm³/mol. The highest BCUT2D eigenvalue weighted by Crippen LogP contribution is 2.39. The molecule has 0 spiro atoms. The summed E-state index contributed by atoms with van der Waals surface area (Å²) in [5.74, 6) is 1.76. The average Bonchev–Trinajstić information content (AvgIpc) is 2.91. The van der Waals surface area contributed by atoms with Gasteiger partial charge in [-0.25, -0.2) is 14.6 Å². The fourth-order valence-corrected chi connectivity index (χ4v) is 2.14. The zero-order valence-corrected chi connectivity index (χ0v) is 9.69. The Bertz CT molecular complexity index is 721. The number of imidazole rings is 1. The van der Waals surface area contributed by atoms with Crippen LogP contribution in [0.2, 0.25) is 0 Å². The quantitative estimate of drug-likeness (QED) is 0.734. The molecule has 1 fully saturated rings. The first kappa shape index (κ1) is 9.64. The molecule has 0 aromatic carbocycles. The smallest absolute Gasteiger partial charge is 0.199 e. The van der Waals surface area contributed by atoms with Gasteiger partial charge >= 0.3 is 0 Å². The molecule has 0 unspecified atom stereocenters. The van der Waals surface area contributed by atoms with E-state index in [0.717, 1.165) is 11.3 Å². The van der Waals surface area contributed by atoms with Gasteiger partial charge in [0.25, 0.3) is 0 Å². The molecule has 0 radical (unpaired) electrons. The molecule has 4 rings (SSSR count). The number of aromatic nitrogens is 5. The molecule has 3 heterocycles. The third-order valence-electron chi connectivity index (χ3n) is 3.20. The van der Waals surface area contributed by atoms with Gasteiger partial charge in [0.1, 0.15) is 5.82 Å². The summed E-state index contributed by atoms with van der Waals surface area (Å²) < 4.78 is 3.61. The second-order valence-corrected chi connectivity index (χ2v) is 4.61. The van der Waals surface area contributed by atoms with E-state index in [1.54, 1.807) is 17.1 Å². The summed E-state index contributed by atoms with van der Waals surface area (Å²) in [5, 5.41) is 4.56. The lowest BCUT2D eigenvalue weighted by Gasteiger charge is -2.04. The first-order valence-corrected chi connectivity index (χ1v) is 5.96. The summed E-state index contributed by atoms with van der Waals surface area (Å²) in [6, 6.07) is 2.04. The Morgan fingerprint density at radius 2 is 2.17 bits per heavy atom. The molecule has 2 N–H and O–H groups in total. The van der Waals surface area contributed by atoms with Crippen LogP contribution in [0.5, 0.6) is 0 Å². The fraction of sp³-hybridized carbons (Fsp3) is 0.250. The summed E-state index contributed by atoms with van der Waals surface area (Å²) in [6.07, 6.45) is 9.72. The van der Waals surface area contributed by atoms with E-state index in [4.69, 9.17) is 5.73 Å². The van der Waals surface area contributed by atoms with E-state index < -0.39 is 0 Å². The Morgan fingerprint density at radius 3 is 3.00 bits per heavy atom. The molecule has 0 atom stereocenters. The third-order valence-corrected chi connectivity index (χ3v) is 3.20. The number of nitrogens with zero attached hydrogens (tertiary/aromatic N) is 5. The van der Waals surface area contributed by atoms with Gasteiger partial charge in [-0.05, 0) is 18.9 Å². The van der Waals surface area contributed by atoms with Crippen LogP contribution in [-0.4, -0.2) is 24.1 Å². The number of rotatable bonds is 2. The van der Waals surface area contributed by atoms with Crippen LogP contribution in [0.25, 0.3) is 11.5 Å². The van der Waals surface area contributed by atoms with Gasteiger partial charge in [-0.15, -0.1) is 0 Å². The van der Waals surface area contributed by atoms with Crippen LogP contribution in [0.15, 0.2) is 30.9 Å². The molecule has 0 bridgehead atoms. The third kappa shape index (κ3) is 1.38. The Hall–Kier alpha value is -2.37. The molecule has 18 heavy (non-hydrogen) atoms. The lowest BCUT2D eigenvalue weighted by molar-refractivity contribution is 0.811. The van der Waals surface area contributed by atoms with Crippen molar-refractivity contribution in [2.45, 2.75) is 18.8 Å². The van der Waals surface area contributed by atoms with E-state index in [-0.39, 0.29) is 0 Å². The van der Waals surface area contributed by atoms with Crippen molar-refractivity contribution in [2.24, 2.45) is 0 Å². The van der Waals surface area contributed by atoms with Crippen LogP contribution in [0.4, 0.5) is 5.82 Å². The topological polar surface area (TPSA) is 74.0 Å². The van der Waals surface area contributed by atoms with Crippen molar-refractivity contribution in [3.63, 3.8) is 0 Å². The standard InChI is InChI=1S/C12H12N6/c13-10-7-17-6-4-14-11(17)12(15-10)18-5-3-9(16-18)8-1-2-8/h3-8H,1-2,13H2. The maximum Gasteiger partial charge on any atom is 0.199 e. The van der Waals surface area contributed by atoms with Crippen LogP contribution in [0.3, 0.4) is 0 Å². The molecule has 1 saturated carbocycles. The van der Waals surface area contributed by atoms with Gasteiger partial charge in [-0.3, -0.25) is 0 Å². The highest BCUT2D eigenvalue weighted by Gasteiger charge is 2.26. The summed E-state index contributed by atoms with van der Waals surface area (Å²) in [4.78, 5) is 8.62. The van der Waals surface area contributed by atoms with Crippen LogP contribution in [0, 0.1) is 0 Å². The lowest BCUT2D eigenvalue weighted by atomic mass is 10.3. The number of anilines is 1. The number of hydrogen-bond acceptors (Lipinski definition) is 4. The van der Waals surface area contributed by atoms with E-state index in [0.29, 0.717) is 17.6 Å². The Labute approximate surface area is 103 Å². The van der Waals surface area contributed by atoms with E-state index >= 15 is 0 Å². The van der Waals surface area contributed by atoms with Crippen molar-refractivity contribution < 1.29 is 0 Å². The van der Waals surface area contributed by atoms with Gasteiger partial charge in [0.2, 0.25) is 0 Å². The highest BCUT2D eigenvalue weighted by molar-refractivity contribution is 5.56. The van der Waals surface area contributed by atoms with Gasteiger partial charge in [0.05, 0.1) is 11.9 Å². The minimum absolute atomic E-state index is 0.457.